The van der Waals surface area contributed by atoms with Crippen molar-refractivity contribution in [3.63, 3.8) is 0 Å². The van der Waals surface area contributed by atoms with Gasteiger partial charge in [0.05, 0.1) is 11.6 Å². The number of nitrogens with zero attached hydrogens (tertiary/aromatic N) is 1. The van der Waals surface area contributed by atoms with Gasteiger partial charge in [0.1, 0.15) is 11.1 Å². The zero-order valence-electron chi connectivity index (χ0n) is 10.6. The molecule has 1 aliphatic carbocycles. The van der Waals surface area contributed by atoms with Gasteiger partial charge >= 0.3 is 0 Å². The van der Waals surface area contributed by atoms with Gasteiger partial charge in [-0.25, -0.2) is 0 Å². The van der Waals surface area contributed by atoms with E-state index < -0.39 is 6.04 Å². The van der Waals surface area contributed by atoms with Gasteiger partial charge < -0.3 is 11.1 Å². The Bertz CT molecular complexity index is 511. The third kappa shape index (κ3) is 2.71. The van der Waals surface area contributed by atoms with Crippen molar-refractivity contribution in [2.75, 3.05) is 5.32 Å². The first-order valence-corrected chi connectivity index (χ1v) is 6.91. The summed E-state index contributed by atoms with van der Waals surface area (Å²) >= 11 is 1.44. The van der Waals surface area contributed by atoms with E-state index in [0.717, 1.165) is 16.9 Å². The zero-order chi connectivity index (χ0) is 13.3. The molecule has 3 N–H and O–H groups in total. The van der Waals surface area contributed by atoms with Crippen LogP contribution in [0.5, 0.6) is 0 Å². The third-order valence-electron chi connectivity index (χ3n) is 3.35. The van der Waals surface area contributed by atoms with E-state index >= 15 is 0 Å². The first-order chi connectivity index (χ1) is 8.52. The highest BCUT2D eigenvalue weighted by atomic mass is 32.1. The first kappa shape index (κ1) is 13.1. The van der Waals surface area contributed by atoms with Crippen LogP contribution in [0, 0.1) is 31.1 Å². The maximum Gasteiger partial charge on any atom is 0.241 e. The number of rotatable bonds is 4. The number of amides is 1. The van der Waals surface area contributed by atoms with Gasteiger partial charge in [-0.05, 0) is 31.7 Å². The molecule has 1 saturated carbocycles. The van der Waals surface area contributed by atoms with Crippen molar-refractivity contribution in [1.29, 1.82) is 5.26 Å². The molecular formula is C13H17N3OS. The summed E-state index contributed by atoms with van der Waals surface area (Å²) in [5.74, 6) is 0.438. The Balaban J connectivity index is 2.06. The van der Waals surface area contributed by atoms with Gasteiger partial charge in [-0.2, -0.15) is 5.26 Å². The van der Waals surface area contributed by atoms with Crippen molar-refractivity contribution in [2.24, 2.45) is 11.7 Å². The molecule has 0 unspecified atom stereocenters. The monoisotopic (exact) mass is 263 g/mol. The average Bonchev–Trinajstić information content (AvgIpc) is 3.08. The minimum absolute atomic E-state index is 0.181. The third-order valence-corrected chi connectivity index (χ3v) is 4.48. The highest BCUT2D eigenvalue weighted by Gasteiger charge is 2.27. The lowest BCUT2D eigenvalue weighted by molar-refractivity contribution is -0.117. The normalized spacial score (nSPS) is 16.1. The molecule has 0 radical (unpaired) electrons. The van der Waals surface area contributed by atoms with Crippen LogP contribution in [-0.2, 0) is 4.79 Å². The second kappa shape index (κ2) is 5.09. The number of thiophene rings is 1. The standard InChI is InChI=1S/C13H17N3OS/c1-7-8(2)18-13(10(7)6-14)16-12(17)11(15)5-9-3-4-9/h9,11H,3-5,15H2,1-2H3,(H,16,17)/t11-/m0/s1. The van der Waals surface area contributed by atoms with Crippen molar-refractivity contribution in [1.82, 2.24) is 0 Å². The van der Waals surface area contributed by atoms with E-state index in [1.54, 1.807) is 0 Å². The van der Waals surface area contributed by atoms with E-state index in [2.05, 4.69) is 11.4 Å². The number of nitrogens with one attached hydrogen (secondary N) is 1. The summed E-state index contributed by atoms with van der Waals surface area (Å²) < 4.78 is 0. The molecular weight excluding hydrogens is 246 g/mol. The number of carbonyl (C=O) groups is 1. The van der Waals surface area contributed by atoms with E-state index in [4.69, 9.17) is 11.0 Å². The molecule has 4 nitrogen and oxygen atoms in total. The second-order valence-corrected chi connectivity index (χ2v) is 6.10. The van der Waals surface area contributed by atoms with Crippen LogP contribution >= 0.6 is 11.3 Å². The summed E-state index contributed by atoms with van der Waals surface area (Å²) in [5, 5.41) is 12.5. The summed E-state index contributed by atoms with van der Waals surface area (Å²) in [4.78, 5) is 13.0. The molecule has 18 heavy (non-hydrogen) atoms. The maximum atomic E-state index is 11.9. The van der Waals surface area contributed by atoms with E-state index in [1.165, 1.54) is 24.2 Å². The maximum absolute atomic E-state index is 11.9. The minimum Gasteiger partial charge on any atom is -0.320 e. The van der Waals surface area contributed by atoms with Crippen molar-refractivity contribution >= 4 is 22.2 Å². The smallest absolute Gasteiger partial charge is 0.241 e. The predicted molar refractivity (Wildman–Crippen MR) is 72.5 cm³/mol. The SMILES string of the molecule is Cc1sc(NC(=O)[C@@H](N)CC2CC2)c(C#N)c1C. The molecule has 2 rings (SSSR count). The van der Waals surface area contributed by atoms with Gasteiger partial charge in [-0.1, -0.05) is 12.8 Å². The number of nitriles is 1. The molecule has 1 aromatic rings. The quantitative estimate of drug-likeness (QED) is 0.874. The van der Waals surface area contributed by atoms with E-state index in [-0.39, 0.29) is 5.91 Å². The summed E-state index contributed by atoms with van der Waals surface area (Å²) in [6.45, 7) is 3.84. The first-order valence-electron chi connectivity index (χ1n) is 6.09. The van der Waals surface area contributed by atoms with Gasteiger partial charge in [0.25, 0.3) is 0 Å². The fourth-order valence-electron chi connectivity index (χ4n) is 1.87. The van der Waals surface area contributed by atoms with Crippen molar-refractivity contribution in [3.8, 4) is 6.07 Å². The zero-order valence-corrected chi connectivity index (χ0v) is 11.4. The van der Waals surface area contributed by atoms with Gasteiger partial charge in [-0.15, -0.1) is 11.3 Å². The average molecular weight is 263 g/mol. The number of carbonyl (C=O) groups excluding carboxylic acids is 1. The Morgan fingerprint density at radius 2 is 2.28 bits per heavy atom. The number of aryl methyl sites for hydroxylation is 1. The summed E-state index contributed by atoms with van der Waals surface area (Å²) in [6.07, 6.45) is 3.11. The number of anilines is 1. The Hall–Kier alpha value is -1.38. The largest absolute Gasteiger partial charge is 0.320 e. The van der Waals surface area contributed by atoms with Crippen LogP contribution < -0.4 is 11.1 Å². The lowest BCUT2D eigenvalue weighted by atomic mass is 10.1. The van der Waals surface area contributed by atoms with Crippen molar-refractivity contribution in [2.45, 2.75) is 39.2 Å². The van der Waals surface area contributed by atoms with Crippen molar-refractivity contribution in [3.05, 3.63) is 16.0 Å². The molecule has 1 atom stereocenters. The molecule has 0 aliphatic heterocycles. The molecule has 5 heteroatoms. The highest BCUT2D eigenvalue weighted by Crippen LogP contribution is 2.34. The highest BCUT2D eigenvalue weighted by molar-refractivity contribution is 7.16. The van der Waals surface area contributed by atoms with Crippen LogP contribution in [0.1, 0.15) is 35.3 Å². The minimum atomic E-state index is -0.466. The van der Waals surface area contributed by atoms with Gasteiger partial charge in [0.15, 0.2) is 0 Å². The second-order valence-electron chi connectivity index (χ2n) is 4.87. The molecule has 1 amide bonds. The van der Waals surface area contributed by atoms with Gasteiger partial charge in [0, 0.05) is 4.88 Å². The van der Waals surface area contributed by atoms with E-state index in [9.17, 15) is 4.79 Å². The lowest BCUT2D eigenvalue weighted by Gasteiger charge is -2.10. The molecule has 0 saturated heterocycles. The number of hydrogen-bond donors (Lipinski definition) is 2. The summed E-state index contributed by atoms with van der Waals surface area (Å²) in [5.41, 5.74) is 7.35. The van der Waals surface area contributed by atoms with Gasteiger partial charge in [0.2, 0.25) is 5.91 Å². The molecule has 0 aromatic carbocycles. The Kier molecular flexibility index (Phi) is 3.69. The summed E-state index contributed by atoms with van der Waals surface area (Å²) in [6, 6.07) is 1.67. The topological polar surface area (TPSA) is 78.9 Å². The Morgan fingerprint density at radius 3 is 2.83 bits per heavy atom. The van der Waals surface area contributed by atoms with Crippen LogP contribution in [-0.4, -0.2) is 11.9 Å². The lowest BCUT2D eigenvalue weighted by Crippen LogP contribution is -2.35. The molecule has 0 spiro atoms. The van der Waals surface area contributed by atoms with E-state index in [0.29, 0.717) is 16.5 Å². The van der Waals surface area contributed by atoms with Crippen LogP contribution in [0.2, 0.25) is 0 Å². The van der Waals surface area contributed by atoms with Crippen LogP contribution in [0.4, 0.5) is 5.00 Å². The molecule has 1 heterocycles. The molecule has 1 aliphatic rings. The molecule has 1 fully saturated rings. The molecule has 1 aromatic heterocycles. The molecule has 96 valence electrons. The van der Waals surface area contributed by atoms with Crippen molar-refractivity contribution < 1.29 is 4.79 Å². The predicted octanol–water partition coefficient (Wildman–Crippen LogP) is 2.30. The van der Waals surface area contributed by atoms with Gasteiger partial charge in [-0.3, -0.25) is 4.79 Å². The fourth-order valence-corrected chi connectivity index (χ4v) is 2.89. The molecule has 0 bridgehead atoms. The van der Waals surface area contributed by atoms with Crippen LogP contribution in [0.15, 0.2) is 0 Å². The Labute approximate surface area is 111 Å². The summed E-state index contributed by atoms with van der Waals surface area (Å²) in [7, 11) is 0. The number of hydrogen-bond acceptors (Lipinski definition) is 4. The fraction of sp³-hybridized carbons (Fsp3) is 0.538. The van der Waals surface area contributed by atoms with Crippen LogP contribution in [0.3, 0.4) is 0 Å². The Morgan fingerprint density at radius 1 is 1.61 bits per heavy atom. The number of nitrogens with two attached hydrogens (primary N) is 1. The van der Waals surface area contributed by atoms with Crippen LogP contribution in [0.25, 0.3) is 0 Å². The van der Waals surface area contributed by atoms with E-state index in [1.807, 2.05) is 13.8 Å².